The van der Waals surface area contributed by atoms with Crippen LogP contribution in [0.3, 0.4) is 0 Å². The van der Waals surface area contributed by atoms with Crippen LogP contribution in [0.15, 0.2) is 77.8 Å². The molecule has 3 aromatic rings. The minimum absolute atomic E-state index is 0.974. The predicted molar refractivity (Wildman–Crippen MR) is 82.2 cm³/mol. The topological polar surface area (TPSA) is 24.4 Å². The smallest absolute Gasteiger partial charge is 0.0930 e. The van der Waals surface area contributed by atoms with Gasteiger partial charge in [0.05, 0.1) is 12.0 Å². The van der Waals surface area contributed by atoms with Gasteiger partial charge in [-0.15, -0.1) is 0 Å². The van der Waals surface area contributed by atoms with Gasteiger partial charge < -0.3 is 5.32 Å². The summed E-state index contributed by atoms with van der Waals surface area (Å²) >= 11 is 0. The molecule has 0 radical (unpaired) electrons. The zero-order chi connectivity index (χ0) is 12.9. The Labute approximate surface area is 112 Å². The van der Waals surface area contributed by atoms with Crippen molar-refractivity contribution in [3.63, 3.8) is 0 Å². The lowest BCUT2D eigenvalue weighted by Gasteiger charge is -2.02. The number of anilines is 1. The van der Waals surface area contributed by atoms with Crippen LogP contribution in [0, 0.1) is 0 Å². The van der Waals surface area contributed by atoms with Crippen molar-refractivity contribution in [1.29, 1.82) is 0 Å². The van der Waals surface area contributed by atoms with E-state index in [4.69, 9.17) is 0 Å². The molecule has 0 aliphatic rings. The highest BCUT2D eigenvalue weighted by Crippen LogP contribution is 2.25. The molecule has 2 nitrogen and oxygen atoms in total. The van der Waals surface area contributed by atoms with Gasteiger partial charge in [0, 0.05) is 11.1 Å². The summed E-state index contributed by atoms with van der Waals surface area (Å²) < 4.78 is 0. The van der Waals surface area contributed by atoms with Crippen molar-refractivity contribution in [2.75, 3.05) is 5.32 Å². The normalized spacial score (nSPS) is 10.9. The molecule has 0 aromatic heterocycles. The fourth-order valence-electron chi connectivity index (χ4n) is 2.03. The average molecular weight is 246 g/mol. The lowest BCUT2D eigenvalue weighted by Crippen LogP contribution is -1.93. The van der Waals surface area contributed by atoms with Gasteiger partial charge in [-0.25, -0.2) is 4.99 Å². The second kappa shape index (κ2) is 5.36. The van der Waals surface area contributed by atoms with Gasteiger partial charge in [-0.05, 0) is 23.6 Å². The standard InChI is InChI=1S/C17H14N2/c1-2-9-15(10-3-1)18-13-19-17-12-6-8-14-7-4-5-11-16(14)17/h1-13H,(H,18,19). The van der Waals surface area contributed by atoms with Crippen LogP contribution in [0.5, 0.6) is 0 Å². The molecule has 2 heteroatoms. The number of rotatable bonds is 3. The maximum absolute atomic E-state index is 4.49. The van der Waals surface area contributed by atoms with E-state index in [9.17, 15) is 0 Å². The van der Waals surface area contributed by atoms with Crippen molar-refractivity contribution in [2.24, 2.45) is 4.99 Å². The van der Waals surface area contributed by atoms with Gasteiger partial charge in [0.2, 0.25) is 0 Å². The van der Waals surface area contributed by atoms with Crippen molar-refractivity contribution in [2.45, 2.75) is 0 Å². The van der Waals surface area contributed by atoms with Crippen molar-refractivity contribution in [3.05, 3.63) is 72.8 Å². The molecule has 3 aromatic carbocycles. The molecular weight excluding hydrogens is 232 g/mol. The predicted octanol–water partition coefficient (Wildman–Crippen LogP) is 4.61. The molecule has 0 heterocycles. The third kappa shape index (κ3) is 2.63. The van der Waals surface area contributed by atoms with Crippen molar-refractivity contribution >= 4 is 28.5 Å². The van der Waals surface area contributed by atoms with E-state index in [0.717, 1.165) is 16.8 Å². The Bertz CT molecular complexity index is 697. The summed E-state index contributed by atoms with van der Waals surface area (Å²) in [4.78, 5) is 4.49. The largest absolute Gasteiger partial charge is 0.346 e. The van der Waals surface area contributed by atoms with E-state index in [2.05, 4.69) is 28.5 Å². The van der Waals surface area contributed by atoms with Crippen LogP contribution in [-0.2, 0) is 0 Å². The first kappa shape index (κ1) is 11.5. The molecule has 0 amide bonds. The first-order chi connectivity index (χ1) is 9.43. The summed E-state index contributed by atoms with van der Waals surface area (Å²) in [5, 5.41) is 5.53. The number of benzene rings is 3. The molecule has 0 bridgehead atoms. The fraction of sp³-hybridized carbons (Fsp3) is 0. The Kier molecular flexibility index (Phi) is 3.24. The molecule has 92 valence electrons. The van der Waals surface area contributed by atoms with E-state index in [1.54, 1.807) is 6.34 Å². The minimum Gasteiger partial charge on any atom is -0.346 e. The summed E-state index contributed by atoms with van der Waals surface area (Å²) in [5.74, 6) is 0. The molecule has 0 fully saturated rings. The van der Waals surface area contributed by atoms with Crippen LogP contribution in [0.25, 0.3) is 10.8 Å². The molecule has 19 heavy (non-hydrogen) atoms. The third-order valence-electron chi connectivity index (χ3n) is 2.98. The summed E-state index contributed by atoms with van der Waals surface area (Å²) in [5.41, 5.74) is 2.01. The Hall–Kier alpha value is -2.61. The molecule has 0 unspecified atom stereocenters. The van der Waals surface area contributed by atoms with Gasteiger partial charge in [0.25, 0.3) is 0 Å². The highest BCUT2D eigenvalue weighted by Gasteiger charge is 1.96. The highest BCUT2D eigenvalue weighted by molar-refractivity contribution is 5.94. The first-order valence-electron chi connectivity index (χ1n) is 6.25. The molecule has 0 aliphatic carbocycles. The molecule has 0 saturated heterocycles. The van der Waals surface area contributed by atoms with Gasteiger partial charge in [-0.1, -0.05) is 54.6 Å². The van der Waals surface area contributed by atoms with E-state index in [-0.39, 0.29) is 0 Å². The molecule has 0 saturated carbocycles. The molecule has 1 N–H and O–H groups in total. The van der Waals surface area contributed by atoms with Crippen molar-refractivity contribution in [3.8, 4) is 0 Å². The van der Waals surface area contributed by atoms with E-state index < -0.39 is 0 Å². The summed E-state index contributed by atoms with van der Waals surface area (Å²) in [6, 6.07) is 24.4. The van der Waals surface area contributed by atoms with Gasteiger partial charge >= 0.3 is 0 Å². The van der Waals surface area contributed by atoms with E-state index in [1.807, 2.05) is 54.6 Å². The van der Waals surface area contributed by atoms with Gasteiger partial charge in [0.1, 0.15) is 0 Å². The lowest BCUT2D eigenvalue weighted by atomic mass is 10.1. The number of hydrogen-bond acceptors (Lipinski definition) is 1. The monoisotopic (exact) mass is 246 g/mol. The fourth-order valence-corrected chi connectivity index (χ4v) is 2.03. The number of nitrogens with one attached hydrogen (secondary N) is 1. The van der Waals surface area contributed by atoms with Crippen LogP contribution in [0.4, 0.5) is 11.4 Å². The van der Waals surface area contributed by atoms with E-state index in [0.29, 0.717) is 0 Å². The Morgan fingerprint density at radius 1 is 0.737 bits per heavy atom. The molecular formula is C17H14N2. The molecule has 3 rings (SSSR count). The van der Waals surface area contributed by atoms with Crippen LogP contribution >= 0.6 is 0 Å². The van der Waals surface area contributed by atoms with Gasteiger partial charge in [-0.2, -0.15) is 0 Å². The number of aliphatic imine (C=N–C) groups is 1. The van der Waals surface area contributed by atoms with Crippen molar-refractivity contribution < 1.29 is 0 Å². The maximum atomic E-state index is 4.49. The number of hydrogen-bond donors (Lipinski definition) is 1. The quantitative estimate of drug-likeness (QED) is 0.529. The summed E-state index contributed by atoms with van der Waals surface area (Å²) in [6.07, 6.45) is 1.73. The summed E-state index contributed by atoms with van der Waals surface area (Å²) in [7, 11) is 0. The van der Waals surface area contributed by atoms with Gasteiger partial charge in [-0.3, -0.25) is 0 Å². The second-order valence-electron chi connectivity index (χ2n) is 4.27. The summed E-state index contributed by atoms with van der Waals surface area (Å²) in [6.45, 7) is 0. The van der Waals surface area contributed by atoms with E-state index in [1.165, 1.54) is 5.39 Å². The number of fused-ring (bicyclic) bond motifs is 1. The Balaban J connectivity index is 1.85. The highest BCUT2D eigenvalue weighted by atomic mass is 14.9. The SMILES string of the molecule is C(=Nc1cccc2ccccc12)Nc1ccccc1. The van der Waals surface area contributed by atoms with Crippen molar-refractivity contribution in [1.82, 2.24) is 0 Å². The molecule has 0 aliphatic heterocycles. The minimum atomic E-state index is 0.974. The third-order valence-corrected chi connectivity index (χ3v) is 2.98. The second-order valence-corrected chi connectivity index (χ2v) is 4.27. The average Bonchev–Trinajstić information content (AvgIpc) is 2.49. The molecule has 0 atom stereocenters. The van der Waals surface area contributed by atoms with Crippen LogP contribution in [0.2, 0.25) is 0 Å². The Morgan fingerprint density at radius 3 is 2.37 bits per heavy atom. The Morgan fingerprint density at radius 2 is 1.47 bits per heavy atom. The number of para-hydroxylation sites is 1. The van der Waals surface area contributed by atoms with Crippen LogP contribution in [-0.4, -0.2) is 6.34 Å². The van der Waals surface area contributed by atoms with Crippen LogP contribution in [0.1, 0.15) is 0 Å². The van der Waals surface area contributed by atoms with Crippen LogP contribution < -0.4 is 5.32 Å². The van der Waals surface area contributed by atoms with E-state index >= 15 is 0 Å². The lowest BCUT2D eigenvalue weighted by molar-refractivity contribution is 1.55. The molecule has 0 spiro atoms. The maximum Gasteiger partial charge on any atom is 0.0930 e. The number of nitrogens with zero attached hydrogens (tertiary/aromatic N) is 1. The first-order valence-corrected chi connectivity index (χ1v) is 6.25. The van der Waals surface area contributed by atoms with Gasteiger partial charge in [0.15, 0.2) is 0 Å². The zero-order valence-electron chi connectivity index (χ0n) is 10.5. The zero-order valence-corrected chi connectivity index (χ0v) is 10.5.